The largest absolute Gasteiger partial charge is 0.354 e. The maximum Gasteiger partial charge on any atom is 0.243 e. The van der Waals surface area contributed by atoms with Gasteiger partial charge in [0.1, 0.15) is 11.9 Å². The van der Waals surface area contributed by atoms with Gasteiger partial charge in [0.2, 0.25) is 15.9 Å². The fourth-order valence-corrected chi connectivity index (χ4v) is 3.99. The molecule has 27 heavy (non-hydrogen) atoms. The molecule has 5 nitrogen and oxygen atoms in total. The van der Waals surface area contributed by atoms with Crippen molar-refractivity contribution >= 4 is 21.6 Å². The van der Waals surface area contributed by atoms with Crippen molar-refractivity contribution < 1.29 is 17.6 Å². The van der Waals surface area contributed by atoms with Crippen molar-refractivity contribution in [2.75, 3.05) is 17.1 Å². The summed E-state index contributed by atoms with van der Waals surface area (Å²) in [5.74, 6) is -1.16. The molecule has 0 fully saturated rings. The van der Waals surface area contributed by atoms with E-state index in [9.17, 15) is 17.6 Å². The number of amides is 1. The first-order valence-electron chi connectivity index (χ1n) is 8.77. The van der Waals surface area contributed by atoms with Crippen molar-refractivity contribution in [3.8, 4) is 0 Å². The van der Waals surface area contributed by atoms with Gasteiger partial charge >= 0.3 is 0 Å². The third-order valence-electron chi connectivity index (χ3n) is 4.24. The molecule has 7 heteroatoms. The zero-order valence-corrected chi connectivity index (χ0v) is 16.6. The minimum Gasteiger partial charge on any atom is -0.354 e. The van der Waals surface area contributed by atoms with E-state index in [0.29, 0.717) is 6.54 Å². The van der Waals surface area contributed by atoms with E-state index in [1.54, 1.807) is 0 Å². The van der Waals surface area contributed by atoms with E-state index < -0.39 is 27.8 Å². The first-order chi connectivity index (χ1) is 12.7. The quantitative estimate of drug-likeness (QED) is 0.702. The summed E-state index contributed by atoms with van der Waals surface area (Å²) in [4.78, 5) is 12.4. The molecular formula is C20H25FN2O3S. The van der Waals surface area contributed by atoms with Gasteiger partial charge in [0.15, 0.2) is 0 Å². The Morgan fingerprint density at radius 1 is 1.15 bits per heavy atom. The van der Waals surface area contributed by atoms with Gasteiger partial charge < -0.3 is 5.32 Å². The highest BCUT2D eigenvalue weighted by Gasteiger charge is 2.30. The van der Waals surface area contributed by atoms with Crippen LogP contribution in [0.1, 0.15) is 24.5 Å². The van der Waals surface area contributed by atoms with Crippen LogP contribution in [0, 0.1) is 12.7 Å². The molecule has 0 radical (unpaired) electrons. The number of aryl methyl sites for hydroxylation is 2. The Labute approximate surface area is 160 Å². The third-order valence-corrected chi connectivity index (χ3v) is 5.47. The highest BCUT2D eigenvalue weighted by atomic mass is 32.2. The van der Waals surface area contributed by atoms with E-state index in [1.165, 1.54) is 42.3 Å². The lowest BCUT2D eigenvalue weighted by Crippen LogP contribution is -2.48. The molecule has 0 aliphatic rings. The summed E-state index contributed by atoms with van der Waals surface area (Å²) in [7, 11) is -3.83. The lowest BCUT2D eigenvalue weighted by molar-refractivity contribution is -0.121. The van der Waals surface area contributed by atoms with Gasteiger partial charge in [-0.2, -0.15) is 0 Å². The van der Waals surface area contributed by atoms with E-state index in [4.69, 9.17) is 0 Å². The van der Waals surface area contributed by atoms with Crippen LogP contribution in [-0.4, -0.2) is 33.2 Å². The molecule has 1 N–H and O–H groups in total. The fourth-order valence-electron chi connectivity index (χ4n) is 2.82. The molecule has 0 bridgehead atoms. The maximum absolute atomic E-state index is 14.1. The molecule has 146 valence electrons. The van der Waals surface area contributed by atoms with Gasteiger partial charge in [-0.15, -0.1) is 0 Å². The number of anilines is 1. The topological polar surface area (TPSA) is 66.5 Å². The Morgan fingerprint density at radius 3 is 2.37 bits per heavy atom. The van der Waals surface area contributed by atoms with Crippen LogP contribution in [0.2, 0.25) is 0 Å². The van der Waals surface area contributed by atoms with E-state index in [2.05, 4.69) is 5.32 Å². The van der Waals surface area contributed by atoms with Gasteiger partial charge in [-0.05, 0) is 44.4 Å². The number of carbonyl (C=O) groups excluding carboxylic acids is 1. The summed E-state index contributed by atoms with van der Waals surface area (Å²) in [6.07, 6.45) is 2.48. The highest BCUT2D eigenvalue weighted by Crippen LogP contribution is 2.24. The summed E-state index contributed by atoms with van der Waals surface area (Å²) in [6.45, 7) is 3.88. The predicted octanol–water partition coefficient (Wildman–Crippen LogP) is 3.04. The van der Waals surface area contributed by atoms with Gasteiger partial charge in [0.05, 0.1) is 11.9 Å². The first kappa shape index (κ1) is 20.9. The molecule has 0 unspecified atom stereocenters. The fraction of sp³-hybridized carbons (Fsp3) is 0.350. The van der Waals surface area contributed by atoms with E-state index in [1.807, 2.05) is 31.2 Å². The number of hydrogen-bond donors (Lipinski definition) is 1. The number of rotatable bonds is 8. The minimum atomic E-state index is -3.83. The van der Waals surface area contributed by atoms with Crippen LogP contribution in [0.5, 0.6) is 0 Å². The van der Waals surface area contributed by atoms with Crippen LogP contribution in [0.25, 0.3) is 0 Å². The van der Waals surface area contributed by atoms with Gasteiger partial charge in [0, 0.05) is 6.54 Å². The summed E-state index contributed by atoms with van der Waals surface area (Å²) >= 11 is 0. The van der Waals surface area contributed by atoms with Crippen LogP contribution < -0.4 is 9.62 Å². The van der Waals surface area contributed by atoms with Crippen LogP contribution in [0.15, 0.2) is 48.5 Å². The molecule has 0 aliphatic carbocycles. The van der Waals surface area contributed by atoms with Crippen LogP contribution >= 0.6 is 0 Å². The molecule has 0 aliphatic heterocycles. The first-order valence-corrected chi connectivity index (χ1v) is 10.6. The molecule has 2 aromatic rings. The summed E-state index contributed by atoms with van der Waals surface area (Å²) in [5.41, 5.74) is 2.23. The second kappa shape index (κ2) is 8.99. The molecule has 0 aromatic heterocycles. The SMILES string of the molecule is Cc1ccc(CCCNC(=O)[C@@H](C)N(c2ccccc2F)S(C)(=O)=O)cc1. The van der Waals surface area contributed by atoms with E-state index in [-0.39, 0.29) is 5.69 Å². The lowest BCUT2D eigenvalue weighted by Gasteiger charge is -2.28. The van der Waals surface area contributed by atoms with Crippen LogP contribution in [-0.2, 0) is 21.2 Å². The number of nitrogens with zero attached hydrogens (tertiary/aromatic N) is 1. The second-order valence-corrected chi connectivity index (χ2v) is 8.43. The molecule has 1 atom stereocenters. The van der Waals surface area contributed by atoms with Crippen molar-refractivity contribution in [1.82, 2.24) is 5.32 Å². The molecular weight excluding hydrogens is 367 g/mol. The molecule has 0 spiro atoms. The van der Waals surface area contributed by atoms with Crippen LogP contribution in [0.4, 0.5) is 10.1 Å². The summed E-state index contributed by atoms with van der Waals surface area (Å²) in [6, 6.07) is 12.6. The Balaban J connectivity index is 1.99. The standard InChI is InChI=1S/C20H25FN2O3S/c1-15-10-12-17(13-11-15)7-6-14-22-20(24)16(2)23(27(3,25)26)19-9-5-4-8-18(19)21/h4-5,8-13,16H,6-7,14H2,1-3H3,(H,22,24)/t16-/m1/s1. The molecule has 0 heterocycles. The smallest absolute Gasteiger partial charge is 0.243 e. The molecule has 2 aromatic carbocycles. The Bertz CT molecular complexity index is 882. The minimum absolute atomic E-state index is 0.137. The van der Waals surface area contributed by atoms with Gasteiger partial charge in [0.25, 0.3) is 0 Å². The summed E-state index contributed by atoms with van der Waals surface area (Å²) < 4.78 is 39.2. The molecule has 0 saturated carbocycles. The molecule has 0 saturated heterocycles. The average molecular weight is 392 g/mol. The normalized spacial score (nSPS) is 12.4. The number of hydrogen-bond acceptors (Lipinski definition) is 3. The highest BCUT2D eigenvalue weighted by molar-refractivity contribution is 7.92. The average Bonchev–Trinajstić information content (AvgIpc) is 2.60. The monoisotopic (exact) mass is 392 g/mol. The van der Waals surface area contributed by atoms with Crippen molar-refractivity contribution in [3.05, 3.63) is 65.5 Å². The third kappa shape index (κ3) is 5.79. The second-order valence-electron chi connectivity index (χ2n) is 6.57. The van der Waals surface area contributed by atoms with Crippen molar-refractivity contribution in [2.45, 2.75) is 32.7 Å². The van der Waals surface area contributed by atoms with Crippen molar-refractivity contribution in [2.24, 2.45) is 0 Å². The molecule has 1 amide bonds. The number of carbonyl (C=O) groups is 1. The number of halogens is 1. The zero-order chi connectivity index (χ0) is 20.0. The van der Waals surface area contributed by atoms with Crippen LogP contribution in [0.3, 0.4) is 0 Å². The molecule has 2 rings (SSSR count). The number of benzene rings is 2. The van der Waals surface area contributed by atoms with Crippen molar-refractivity contribution in [3.63, 3.8) is 0 Å². The predicted molar refractivity (Wildman–Crippen MR) is 106 cm³/mol. The number of sulfonamides is 1. The summed E-state index contributed by atoms with van der Waals surface area (Å²) in [5, 5.41) is 2.74. The van der Waals surface area contributed by atoms with Gasteiger partial charge in [-0.1, -0.05) is 42.0 Å². The zero-order valence-electron chi connectivity index (χ0n) is 15.8. The Morgan fingerprint density at radius 2 is 1.78 bits per heavy atom. The van der Waals surface area contributed by atoms with E-state index >= 15 is 0 Å². The Kier molecular flexibility index (Phi) is 6.96. The van der Waals surface area contributed by atoms with E-state index in [0.717, 1.165) is 23.4 Å². The number of para-hydroxylation sites is 1. The van der Waals surface area contributed by atoms with Gasteiger partial charge in [-0.3, -0.25) is 9.10 Å². The van der Waals surface area contributed by atoms with Gasteiger partial charge in [-0.25, -0.2) is 12.8 Å². The lowest BCUT2D eigenvalue weighted by atomic mass is 10.1. The number of nitrogens with one attached hydrogen (secondary N) is 1. The maximum atomic E-state index is 14.1. The Hall–Kier alpha value is -2.41. The van der Waals surface area contributed by atoms with Crippen molar-refractivity contribution in [1.29, 1.82) is 0 Å².